The summed E-state index contributed by atoms with van der Waals surface area (Å²) in [5.74, 6) is 0.382. The van der Waals surface area contributed by atoms with Crippen molar-refractivity contribution in [3.63, 3.8) is 0 Å². The van der Waals surface area contributed by atoms with Gasteiger partial charge in [-0.3, -0.25) is 0 Å². The van der Waals surface area contributed by atoms with Gasteiger partial charge in [-0.15, -0.1) is 10.3 Å². The lowest BCUT2D eigenvalue weighted by molar-refractivity contribution is 0.167. The van der Waals surface area contributed by atoms with Crippen molar-refractivity contribution >= 4 is 27.3 Å². The van der Waals surface area contributed by atoms with Gasteiger partial charge in [-0.25, -0.2) is 4.79 Å². The highest BCUT2D eigenvalue weighted by Gasteiger charge is 2.29. The van der Waals surface area contributed by atoms with Crippen LogP contribution in [-0.2, 0) is 8.92 Å². The van der Waals surface area contributed by atoms with Crippen LogP contribution in [0.1, 0.15) is 40.5 Å². The average molecular weight is 349 g/mol. The first-order valence-electron chi connectivity index (χ1n) is 7.58. The van der Waals surface area contributed by atoms with Crippen molar-refractivity contribution in [3.05, 3.63) is 23.3 Å². The van der Waals surface area contributed by atoms with E-state index in [1.165, 1.54) is 11.1 Å². The Bertz CT molecular complexity index is 461. The summed E-state index contributed by atoms with van der Waals surface area (Å²) in [7, 11) is -1.11. The SMILES string of the molecule is CC1=CC(CCOC(=O)Cl)CC(COS(C)(C)C(C)(C)C)=C1. The normalized spacial score (nSPS) is 20.2. The van der Waals surface area contributed by atoms with Crippen LogP contribution >= 0.6 is 21.9 Å². The third-order valence-corrected chi connectivity index (χ3v) is 7.94. The number of hydrogen-bond donors (Lipinski definition) is 0. The van der Waals surface area contributed by atoms with Gasteiger partial charge >= 0.3 is 5.43 Å². The summed E-state index contributed by atoms with van der Waals surface area (Å²) in [6, 6.07) is 0. The Morgan fingerprint density at radius 2 is 2.05 bits per heavy atom. The maximum Gasteiger partial charge on any atom is 0.403 e. The zero-order chi connectivity index (χ0) is 17.0. The molecule has 0 heterocycles. The Morgan fingerprint density at radius 3 is 2.59 bits per heavy atom. The summed E-state index contributed by atoms with van der Waals surface area (Å²) in [4.78, 5) is 10.6. The van der Waals surface area contributed by atoms with Crippen LogP contribution in [0.4, 0.5) is 4.79 Å². The molecule has 0 spiro atoms. The largest absolute Gasteiger partial charge is 0.454 e. The molecule has 3 nitrogen and oxygen atoms in total. The number of hydrogen-bond acceptors (Lipinski definition) is 3. The molecule has 22 heavy (non-hydrogen) atoms. The van der Waals surface area contributed by atoms with Gasteiger partial charge in [-0.2, -0.15) is 0 Å². The number of rotatable bonds is 6. The third-order valence-electron chi connectivity index (χ3n) is 4.17. The van der Waals surface area contributed by atoms with E-state index >= 15 is 0 Å². The van der Waals surface area contributed by atoms with E-state index in [1.807, 2.05) is 0 Å². The van der Waals surface area contributed by atoms with Gasteiger partial charge in [0.1, 0.15) is 0 Å². The standard InChI is InChI=1S/C17H29ClO3S/c1-13-9-14(7-8-20-16(18)19)11-15(10-13)12-21-22(5,6)17(2,3)4/h9-10,14H,7-8,11-12H2,1-6H3. The first-order chi connectivity index (χ1) is 10.0. The zero-order valence-electron chi connectivity index (χ0n) is 14.6. The fourth-order valence-corrected chi connectivity index (χ4v) is 3.05. The van der Waals surface area contributed by atoms with Gasteiger partial charge in [0, 0.05) is 16.3 Å². The molecule has 0 bridgehead atoms. The van der Waals surface area contributed by atoms with Crippen molar-refractivity contribution in [2.45, 2.75) is 45.3 Å². The summed E-state index contributed by atoms with van der Waals surface area (Å²) in [6.45, 7) is 9.83. The lowest BCUT2D eigenvalue weighted by atomic mass is 9.89. The summed E-state index contributed by atoms with van der Waals surface area (Å²) < 4.78 is 11.2. The van der Waals surface area contributed by atoms with Crippen molar-refractivity contribution in [2.24, 2.45) is 5.92 Å². The number of ether oxygens (including phenoxy) is 1. The molecule has 0 saturated heterocycles. The topological polar surface area (TPSA) is 35.5 Å². The molecule has 1 aliphatic carbocycles. The lowest BCUT2D eigenvalue weighted by Crippen LogP contribution is -2.26. The van der Waals surface area contributed by atoms with Crippen LogP contribution in [0.5, 0.6) is 0 Å². The predicted molar refractivity (Wildman–Crippen MR) is 96.9 cm³/mol. The van der Waals surface area contributed by atoms with Gasteiger partial charge < -0.3 is 8.92 Å². The van der Waals surface area contributed by atoms with Gasteiger partial charge in [0.15, 0.2) is 0 Å². The van der Waals surface area contributed by atoms with E-state index in [4.69, 9.17) is 20.5 Å². The van der Waals surface area contributed by atoms with E-state index in [1.54, 1.807) is 0 Å². The Kier molecular flexibility index (Phi) is 7.03. The minimum absolute atomic E-state index is 0.168. The maximum absolute atomic E-state index is 10.6. The van der Waals surface area contributed by atoms with Crippen molar-refractivity contribution in [1.82, 2.24) is 0 Å². The molecule has 1 atom stereocenters. The van der Waals surface area contributed by atoms with E-state index in [9.17, 15) is 4.79 Å². The smallest absolute Gasteiger partial charge is 0.403 e. The maximum atomic E-state index is 10.6. The van der Waals surface area contributed by atoms with Crippen LogP contribution in [0.25, 0.3) is 0 Å². The molecule has 0 aromatic heterocycles. The van der Waals surface area contributed by atoms with Crippen LogP contribution in [0, 0.1) is 5.92 Å². The van der Waals surface area contributed by atoms with E-state index in [2.05, 4.69) is 52.4 Å². The Morgan fingerprint density at radius 1 is 1.41 bits per heavy atom. The highest BCUT2D eigenvalue weighted by atomic mass is 35.5. The fraction of sp³-hybridized carbons (Fsp3) is 0.706. The van der Waals surface area contributed by atoms with Crippen LogP contribution in [0.15, 0.2) is 23.3 Å². The predicted octanol–water partition coefficient (Wildman–Crippen LogP) is 5.44. The second-order valence-corrected chi connectivity index (χ2v) is 11.4. The van der Waals surface area contributed by atoms with Crippen LogP contribution in [0.2, 0.25) is 0 Å². The van der Waals surface area contributed by atoms with Crippen molar-refractivity contribution < 1.29 is 13.7 Å². The molecule has 0 radical (unpaired) electrons. The number of carbonyl (C=O) groups is 1. The summed E-state index contributed by atoms with van der Waals surface area (Å²) in [5.41, 5.74) is 1.83. The molecule has 1 rings (SSSR count). The summed E-state index contributed by atoms with van der Waals surface area (Å²) in [5, 5.41) is 0. The quantitative estimate of drug-likeness (QED) is 0.599. The molecule has 0 fully saturated rings. The Balaban J connectivity index is 2.55. The minimum atomic E-state index is -1.11. The molecule has 0 saturated carbocycles. The zero-order valence-corrected chi connectivity index (χ0v) is 16.1. The molecule has 0 aliphatic heterocycles. The van der Waals surface area contributed by atoms with Crippen molar-refractivity contribution in [3.8, 4) is 0 Å². The van der Waals surface area contributed by atoms with Gasteiger partial charge in [-0.1, -0.05) is 38.5 Å². The van der Waals surface area contributed by atoms with Gasteiger partial charge in [0.2, 0.25) is 0 Å². The van der Waals surface area contributed by atoms with E-state index in [0.29, 0.717) is 19.1 Å². The fourth-order valence-electron chi connectivity index (χ4n) is 2.17. The van der Waals surface area contributed by atoms with Gasteiger partial charge in [0.25, 0.3) is 0 Å². The first-order valence-corrected chi connectivity index (χ1v) is 10.3. The van der Waals surface area contributed by atoms with Crippen molar-refractivity contribution in [2.75, 3.05) is 25.7 Å². The van der Waals surface area contributed by atoms with Crippen LogP contribution < -0.4 is 0 Å². The van der Waals surface area contributed by atoms with Crippen LogP contribution in [-0.4, -0.2) is 35.9 Å². The first kappa shape index (κ1) is 19.6. The average Bonchev–Trinajstić information content (AvgIpc) is 2.34. The number of carbonyl (C=O) groups excluding carboxylic acids is 1. The second-order valence-electron chi connectivity index (χ2n) is 7.16. The number of allylic oxidation sites excluding steroid dienone is 3. The van der Waals surface area contributed by atoms with E-state index in [0.717, 1.165) is 12.8 Å². The minimum Gasteiger partial charge on any atom is -0.454 e. The van der Waals surface area contributed by atoms with Crippen molar-refractivity contribution in [1.29, 1.82) is 0 Å². The summed E-state index contributed by atoms with van der Waals surface area (Å²) >= 11 is 5.19. The molecule has 1 unspecified atom stereocenters. The lowest BCUT2D eigenvalue weighted by Gasteiger charge is -2.44. The molecule has 0 aromatic rings. The molecular weight excluding hydrogens is 320 g/mol. The molecule has 0 amide bonds. The van der Waals surface area contributed by atoms with Crippen LogP contribution in [0.3, 0.4) is 0 Å². The summed E-state index contributed by atoms with van der Waals surface area (Å²) in [6.07, 6.45) is 10.6. The van der Waals surface area contributed by atoms with E-state index < -0.39 is 15.7 Å². The Hall–Kier alpha value is -0.450. The molecular formula is C17H29ClO3S. The Labute approximate surface area is 141 Å². The molecule has 128 valence electrons. The molecule has 1 aliphatic rings. The number of halogens is 1. The van der Waals surface area contributed by atoms with Gasteiger partial charge in [0.05, 0.1) is 13.2 Å². The molecule has 0 aromatic carbocycles. The highest BCUT2D eigenvalue weighted by Crippen LogP contribution is 2.54. The molecule has 5 heteroatoms. The highest BCUT2D eigenvalue weighted by molar-refractivity contribution is 8.29. The van der Waals surface area contributed by atoms with Gasteiger partial charge in [-0.05, 0) is 43.8 Å². The van der Waals surface area contributed by atoms with E-state index in [-0.39, 0.29) is 4.75 Å². The molecule has 0 N–H and O–H groups in total. The monoisotopic (exact) mass is 348 g/mol. The second kappa shape index (κ2) is 7.89. The third kappa shape index (κ3) is 6.35.